The van der Waals surface area contributed by atoms with E-state index >= 15 is 0 Å². The molecule has 21 heavy (non-hydrogen) atoms. The van der Waals surface area contributed by atoms with E-state index in [9.17, 15) is 4.79 Å². The molecule has 0 atom stereocenters. The Kier molecular flexibility index (Phi) is 8.11. The Labute approximate surface area is 143 Å². The molecule has 1 saturated carbocycles. The summed E-state index contributed by atoms with van der Waals surface area (Å²) in [5, 5.41) is 9.29. The van der Waals surface area contributed by atoms with Crippen molar-refractivity contribution in [1.82, 2.24) is 16.0 Å². The van der Waals surface area contributed by atoms with Crippen LogP contribution in [0.5, 0.6) is 0 Å². The third-order valence-corrected chi connectivity index (χ3v) is 2.98. The Bertz CT molecular complexity index is 460. The van der Waals surface area contributed by atoms with E-state index in [1.54, 1.807) is 0 Å². The van der Waals surface area contributed by atoms with Crippen molar-refractivity contribution in [3.05, 3.63) is 35.9 Å². The molecule has 0 saturated heterocycles. The molecule has 1 aliphatic carbocycles. The number of aliphatic imine (C=N–C) groups is 1. The molecular formula is C15H23IN4O. The molecular weight excluding hydrogens is 379 g/mol. The average molecular weight is 402 g/mol. The second kappa shape index (κ2) is 9.59. The predicted octanol–water partition coefficient (Wildman–Crippen LogP) is 1.64. The van der Waals surface area contributed by atoms with Crippen LogP contribution in [-0.4, -0.2) is 31.0 Å². The normalized spacial score (nSPS) is 14.0. The second-order valence-electron chi connectivity index (χ2n) is 4.88. The maximum atomic E-state index is 11.8. The van der Waals surface area contributed by atoms with Crippen molar-refractivity contribution in [3.8, 4) is 0 Å². The quantitative estimate of drug-likeness (QED) is 0.385. The number of carbonyl (C=O) groups is 1. The van der Waals surface area contributed by atoms with Gasteiger partial charge >= 0.3 is 0 Å². The predicted molar refractivity (Wildman–Crippen MR) is 95.8 cm³/mol. The molecule has 5 nitrogen and oxygen atoms in total. The molecule has 1 aromatic carbocycles. The van der Waals surface area contributed by atoms with Crippen molar-refractivity contribution < 1.29 is 4.79 Å². The first-order valence-corrected chi connectivity index (χ1v) is 7.13. The van der Waals surface area contributed by atoms with Crippen molar-refractivity contribution in [2.24, 2.45) is 4.99 Å². The number of nitrogens with zero attached hydrogens (tertiary/aromatic N) is 1. The maximum Gasteiger partial charge on any atom is 0.242 e. The molecule has 0 unspecified atom stereocenters. The highest BCUT2D eigenvalue weighted by atomic mass is 127. The summed E-state index contributed by atoms with van der Waals surface area (Å²) in [7, 11) is 0. The number of benzene rings is 1. The lowest BCUT2D eigenvalue weighted by molar-refractivity contribution is -0.119. The standard InChI is InChI=1S/C15H22N4O.HI/c1-2-16-15(19-13-8-9-13)18-11-14(20)17-10-12-6-4-3-5-7-12;/h3-7,13H,2,8-11H2,1H3,(H,17,20)(H2,16,18,19);1H. The van der Waals surface area contributed by atoms with Crippen LogP contribution in [0.2, 0.25) is 0 Å². The van der Waals surface area contributed by atoms with Gasteiger partial charge in [-0.2, -0.15) is 0 Å². The first-order valence-electron chi connectivity index (χ1n) is 7.13. The summed E-state index contributed by atoms with van der Waals surface area (Å²) in [6, 6.07) is 10.4. The van der Waals surface area contributed by atoms with Crippen LogP contribution in [-0.2, 0) is 11.3 Å². The van der Waals surface area contributed by atoms with Gasteiger partial charge in [-0.15, -0.1) is 24.0 Å². The van der Waals surface area contributed by atoms with Crippen molar-refractivity contribution in [2.75, 3.05) is 13.1 Å². The van der Waals surface area contributed by atoms with E-state index in [1.807, 2.05) is 37.3 Å². The second-order valence-corrected chi connectivity index (χ2v) is 4.88. The van der Waals surface area contributed by atoms with E-state index in [1.165, 1.54) is 12.8 Å². The van der Waals surface area contributed by atoms with Crippen LogP contribution in [0.25, 0.3) is 0 Å². The number of rotatable bonds is 6. The van der Waals surface area contributed by atoms with Gasteiger partial charge in [-0.05, 0) is 25.3 Å². The summed E-state index contributed by atoms with van der Waals surface area (Å²) in [6.07, 6.45) is 2.37. The lowest BCUT2D eigenvalue weighted by Gasteiger charge is -2.10. The zero-order valence-corrected chi connectivity index (χ0v) is 14.6. The van der Waals surface area contributed by atoms with Crippen LogP contribution < -0.4 is 16.0 Å². The fourth-order valence-corrected chi connectivity index (χ4v) is 1.74. The lowest BCUT2D eigenvalue weighted by Crippen LogP contribution is -2.39. The van der Waals surface area contributed by atoms with Gasteiger partial charge in [0.1, 0.15) is 6.54 Å². The van der Waals surface area contributed by atoms with Crippen LogP contribution in [0.1, 0.15) is 25.3 Å². The molecule has 0 heterocycles. The van der Waals surface area contributed by atoms with Crippen molar-refractivity contribution in [2.45, 2.75) is 32.4 Å². The van der Waals surface area contributed by atoms with Gasteiger partial charge in [-0.25, -0.2) is 4.99 Å². The molecule has 1 aliphatic rings. The Balaban J connectivity index is 0.00000220. The van der Waals surface area contributed by atoms with Crippen molar-refractivity contribution in [3.63, 3.8) is 0 Å². The molecule has 1 amide bonds. The van der Waals surface area contributed by atoms with Crippen molar-refractivity contribution in [1.29, 1.82) is 0 Å². The van der Waals surface area contributed by atoms with Gasteiger partial charge in [0.05, 0.1) is 0 Å². The number of carbonyl (C=O) groups excluding carboxylic acids is 1. The van der Waals surface area contributed by atoms with E-state index in [0.29, 0.717) is 12.6 Å². The fraction of sp³-hybridized carbons (Fsp3) is 0.467. The SMILES string of the molecule is CCNC(=NCC(=O)NCc1ccccc1)NC1CC1.I. The van der Waals surface area contributed by atoms with E-state index in [0.717, 1.165) is 18.1 Å². The van der Waals surface area contributed by atoms with Gasteiger partial charge < -0.3 is 16.0 Å². The number of hydrogen-bond donors (Lipinski definition) is 3. The van der Waals surface area contributed by atoms with Gasteiger partial charge in [0.15, 0.2) is 5.96 Å². The first-order chi connectivity index (χ1) is 9.78. The zero-order chi connectivity index (χ0) is 14.2. The van der Waals surface area contributed by atoms with Gasteiger partial charge in [0.2, 0.25) is 5.91 Å². The monoisotopic (exact) mass is 402 g/mol. The number of hydrogen-bond acceptors (Lipinski definition) is 2. The van der Waals surface area contributed by atoms with E-state index in [-0.39, 0.29) is 36.4 Å². The van der Waals surface area contributed by atoms with Gasteiger partial charge in [-0.1, -0.05) is 30.3 Å². The molecule has 0 aromatic heterocycles. The molecule has 0 radical (unpaired) electrons. The van der Waals surface area contributed by atoms with Gasteiger partial charge in [0, 0.05) is 19.1 Å². The zero-order valence-electron chi connectivity index (χ0n) is 12.3. The highest BCUT2D eigenvalue weighted by Crippen LogP contribution is 2.18. The van der Waals surface area contributed by atoms with Crippen LogP contribution in [0.15, 0.2) is 35.3 Å². The summed E-state index contributed by atoms with van der Waals surface area (Å²) >= 11 is 0. The lowest BCUT2D eigenvalue weighted by atomic mass is 10.2. The maximum absolute atomic E-state index is 11.8. The number of halogens is 1. The molecule has 1 fully saturated rings. The van der Waals surface area contributed by atoms with Gasteiger partial charge in [-0.3, -0.25) is 4.79 Å². The van der Waals surface area contributed by atoms with Crippen LogP contribution in [0, 0.1) is 0 Å². The molecule has 3 N–H and O–H groups in total. The van der Waals surface area contributed by atoms with Crippen LogP contribution >= 0.6 is 24.0 Å². The number of guanidine groups is 1. The molecule has 116 valence electrons. The van der Waals surface area contributed by atoms with E-state index in [2.05, 4.69) is 20.9 Å². The molecule has 0 spiro atoms. The smallest absolute Gasteiger partial charge is 0.242 e. The van der Waals surface area contributed by atoms with Crippen LogP contribution in [0.4, 0.5) is 0 Å². The molecule has 6 heteroatoms. The third-order valence-electron chi connectivity index (χ3n) is 2.98. The van der Waals surface area contributed by atoms with Crippen LogP contribution in [0.3, 0.4) is 0 Å². The van der Waals surface area contributed by atoms with E-state index in [4.69, 9.17) is 0 Å². The van der Waals surface area contributed by atoms with Gasteiger partial charge in [0.25, 0.3) is 0 Å². The van der Waals surface area contributed by atoms with Crippen molar-refractivity contribution >= 4 is 35.8 Å². The topological polar surface area (TPSA) is 65.5 Å². The Morgan fingerprint density at radius 2 is 1.95 bits per heavy atom. The Morgan fingerprint density at radius 1 is 1.24 bits per heavy atom. The number of amides is 1. The molecule has 2 rings (SSSR count). The Morgan fingerprint density at radius 3 is 2.57 bits per heavy atom. The summed E-state index contributed by atoms with van der Waals surface area (Å²) in [4.78, 5) is 16.0. The summed E-state index contributed by atoms with van der Waals surface area (Å²) in [5.41, 5.74) is 1.09. The molecule has 0 bridgehead atoms. The largest absolute Gasteiger partial charge is 0.357 e. The Hall–Kier alpha value is -1.31. The molecule has 0 aliphatic heterocycles. The van der Waals surface area contributed by atoms with E-state index < -0.39 is 0 Å². The minimum absolute atomic E-state index is 0. The summed E-state index contributed by atoms with van der Waals surface area (Å²) < 4.78 is 0. The highest BCUT2D eigenvalue weighted by molar-refractivity contribution is 14.0. The summed E-state index contributed by atoms with van der Waals surface area (Å²) in [6.45, 7) is 3.50. The first kappa shape index (κ1) is 17.7. The number of nitrogens with one attached hydrogen (secondary N) is 3. The minimum atomic E-state index is -0.0677. The molecule has 1 aromatic rings. The summed E-state index contributed by atoms with van der Waals surface area (Å²) in [5.74, 6) is 0.659. The highest BCUT2D eigenvalue weighted by Gasteiger charge is 2.22. The third kappa shape index (κ3) is 7.31. The fourth-order valence-electron chi connectivity index (χ4n) is 1.74. The minimum Gasteiger partial charge on any atom is -0.357 e. The average Bonchev–Trinajstić information content (AvgIpc) is 3.28.